The van der Waals surface area contributed by atoms with E-state index in [-0.39, 0.29) is 5.92 Å². The van der Waals surface area contributed by atoms with Gasteiger partial charge in [-0.1, -0.05) is 152 Å². The van der Waals surface area contributed by atoms with Gasteiger partial charge in [-0.25, -0.2) is 15.0 Å². The van der Waals surface area contributed by atoms with E-state index < -0.39 is 0 Å². The summed E-state index contributed by atoms with van der Waals surface area (Å²) in [7, 11) is 0. The van der Waals surface area contributed by atoms with Crippen LogP contribution in [0.15, 0.2) is 191 Å². The van der Waals surface area contributed by atoms with Crippen molar-refractivity contribution in [1.29, 1.82) is 0 Å². The topological polar surface area (TPSA) is 65.0 Å². The van der Waals surface area contributed by atoms with E-state index in [9.17, 15) is 0 Å². The second-order valence-corrected chi connectivity index (χ2v) is 15.1. The summed E-state index contributed by atoms with van der Waals surface area (Å²) in [4.78, 5) is 15.8. The molecular weight excluding hydrogens is 711 g/mol. The molecule has 0 saturated heterocycles. The van der Waals surface area contributed by atoms with Crippen molar-refractivity contribution in [3.63, 3.8) is 0 Å². The van der Waals surface area contributed by atoms with Gasteiger partial charge in [0.2, 0.25) is 0 Å². The quantitative estimate of drug-likeness (QED) is 0.176. The molecule has 5 heteroatoms. The Morgan fingerprint density at radius 2 is 1.03 bits per heavy atom. The zero-order chi connectivity index (χ0) is 38.2. The molecule has 0 N–H and O–H groups in total. The van der Waals surface area contributed by atoms with Crippen LogP contribution in [0, 0.1) is 0 Å². The second-order valence-electron chi connectivity index (χ2n) is 15.1. The fourth-order valence-corrected chi connectivity index (χ4v) is 8.89. The first-order valence-corrected chi connectivity index (χ1v) is 19.7. The third-order valence-corrected chi connectivity index (χ3v) is 11.7. The van der Waals surface area contributed by atoms with Crippen molar-refractivity contribution in [2.24, 2.45) is 0 Å². The number of benzene rings is 8. The first kappa shape index (κ1) is 32.6. The number of hydrogen-bond acceptors (Lipinski definition) is 5. The lowest BCUT2D eigenvalue weighted by atomic mass is 9.78. The van der Waals surface area contributed by atoms with Crippen LogP contribution in [0.3, 0.4) is 0 Å². The highest BCUT2D eigenvalue weighted by Gasteiger charge is 2.33. The SMILES string of the molecule is c1ccc(-c2ccc(-c3nc(-c4ccc5ccccc5c4)nc(-c4cc(C5Cc6ccccc6-c6c5oc5ccccc65)cc5oc6ccccc6c45)n3)cc2)cc1. The summed E-state index contributed by atoms with van der Waals surface area (Å²) in [5.74, 6) is 2.69. The molecule has 0 radical (unpaired) electrons. The lowest BCUT2D eigenvalue weighted by molar-refractivity contribution is 0.515. The number of furan rings is 2. The predicted octanol–water partition coefficient (Wildman–Crippen LogP) is 13.7. The molecule has 3 aromatic heterocycles. The van der Waals surface area contributed by atoms with E-state index in [1.807, 2.05) is 24.3 Å². The van der Waals surface area contributed by atoms with E-state index in [0.717, 1.165) is 94.8 Å². The van der Waals surface area contributed by atoms with Gasteiger partial charge in [-0.05, 0) is 75.3 Å². The Bertz CT molecular complexity index is 3380. The third-order valence-electron chi connectivity index (χ3n) is 11.7. The lowest BCUT2D eigenvalue weighted by Crippen LogP contribution is -2.11. The molecule has 0 fully saturated rings. The maximum Gasteiger partial charge on any atom is 0.164 e. The van der Waals surface area contributed by atoms with Crippen LogP contribution in [0.2, 0.25) is 0 Å². The fraction of sp³-hybridized carbons (Fsp3) is 0.0377. The van der Waals surface area contributed by atoms with Crippen LogP contribution in [0.5, 0.6) is 0 Å². The maximum absolute atomic E-state index is 6.79. The molecule has 5 nitrogen and oxygen atoms in total. The van der Waals surface area contributed by atoms with Crippen LogP contribution in [0.25, 0.3) is 100 Å². The van der Waals surface area contributed by atoms with Gasteiger partial charge in [-0.2, -0.15) is 0 Å². The molecule has 0 spiro atoms. The molecule has 1 aliphatic carbocycles. The third kappa shape index (κ3) is 5.28. The lowest BCUT2D eigenvalue weighted by Gasteiger charge is -2.25. The molecule has 0 saturated carbocycles. The van der Waals surface area contributed by atoms with E-state index in [1.54, 1.807) is 0 Å². The molecule has 11 aromatic rings. The first-order chi connectivity index (χ1) is 28.7. The monoisotopic (exact) mass is 743 g/mol. The van der Waals surface area contributed by atoms with Crippen LogP contribution in [0.1, 0.15) is 22.8 Å². The van der Waals surface area contributed by atoms with Crippen LogP contribution < -0.4 is 0 Å². The molecule has 8 aromatic carbocycles. The van der Waals surface area contributed by atoms with E-state index in [2.05, 4.69) is 158 Å². The average Bonchev–Trinajstić information content (AvgIpc) is 3.88. The summed E-state index contributed by atoms with van der Waals surface area (Å²) < 4.78 is 13.5. The minimum absolute atomic E-state index is 0.0690. The van der Waals surface area contributed by atoms with Gasteiger partial charge in [0.05, 0.1) is 0 Å². The Kier molecular flexibility index (Phi) is 7.29. The van der Waals surface area contributed by atoms with Gasteiger partial charge in [0.25, 0.3) is 0 Å². The molecule has 1 atom stereocenters. The van der Waals surface area contributed by atoms with E-state index >= 15 is 0 Å². The number of para-hydroxylation sites is 2. The second kappa shape index (κ2) is 13.0. The molecule has 0 amide bonds. The van der Waals surface area contributed by atoms with Crippen molar-refractivity contribution in [3.8, 4) is 56.4 Å². The molecule has 272 valence electrons. The molecule has 0 aliphatic heterocycles. The Balaban J connectivity index is 1.10. The molecular formula is C53H33N3O2. The maximum atomic E-state index is 6.79. The highest BCUT2D eigenvalue weighted by atomic mass is 16.3. The molecule has 12 rings (SSSR count). The fourth-order valence-electron chi connectivity index (χ4n) is 8.89. The molecule has 3 heterocycles. The number of fused-ring (bicyclic) bond motifs is 9. The molecule has 0 bridgehead atoms. The minimum atomic E-state index is -0.0690. The Morgan fingerprint density at radius 3 is 1.88 bits per heavy atom. The Morgan fingerprint density at radius 1 is 0.414 bits per heavy atom. The predicted molar refractivity (Wildman–Crippen MR) is 234 cm³/mol. The van der Waals surface area contributed by atoms with Gasteiger partial charge in [0, 0.05) is 44.3 Å². The normalized spacial score (nSPS) is 13.6. The molecule has 58 heavy (non-hydrogen) atoms. The van der Waals surface area contributed by atoms with Crippen LogP contribution >= 0.6 is 0 Å². The van der Waals surface area contributed by atoms with E-state index in [0.29, 0.717) is 17.5 Å². The molecule has 1 unspecified atom stereocenters. The van der Waals surface area contributed by atoms with Gasteiger partial charge in [0.15, 0.2) is 17.5 Å². The van der Waals surface area contributed by atoms with Gasteiger partial charge in [-0.15, -0.1) is 0 Å². The molecule has 1 aliphatic rings. The van der Waals surface area contributed by atoms with Crippen LogP contribution in [-0.2, 0) is 6.42 Å². The van der Waals surface area contributed by atoms with Crippen LogP contribution in [0.4, 0.5) is 0 Å². The van der Waals surface area contributed by atoms with Crippen molar-refractivity contribution in [3.05, 3.63) is 199 Å². The van der Waals surface area contributed by atoms with Gasteiger partial charge in [-0.3, -0.25) is 0 Å². The smallest absolute Gasteiger partial charge is 0.164 e. The largest absolute Gasteiger partial charge is 0.460 e. The summed E-state index contributed by atoms with van der Waals surface area (Å²) >= 11 is 0. The highest BCUT2D eigenvalue weighted by molar-refractivity contribution is 6.12. The van der Waals surface area contributed by atoms with Gasteiger partial charge >= 0.3 is 0 Å². The highest BCUT2D eigenvalue weighted by Crippen LogP contribution is 2.49. The van der Waals surface area contributed by atoms with Crippen LogP contribution in [-0.4, -0.2) is 15.0 Å². The zero-order valence-corrected chi connectivity index (χ0v) is 31.3. The summed E-state index contributed by atoms with van der Waals surface area (Å²) in [5, 5.41) is 5.40. The number of aromatic nitrogens is 3. The average molecular weight is 744 g/mol. The van der Waals surface area contributed by atoms with Crippen molar-refractivity contribution in [1.82, 2.24) is 15.0 Å². The summed E-state index contributed by atoms with van der Waals surface area (Å²) in [5.41, 5.74) is 12.3. The van der Waals surface area contributed by atoms with Crippen molar-refractivity contribution in [2.45, 2.75) is 12.3 Å². The van der Waals surface area contributed by atoms with Crippen molar-refractivity contribution >= 4 is 43.7 Å². The minimum Gasteiger partial charge on any atom is -0.460 e. The van der Waals surface area contributed by atoms with E-state index in [1.165, 1.54) is 11.1 Å². The van der Waals surface area contributed by atoms with Crippen molar-refractivity contribution < 1.29 is 8.83 Å². The van der Waals surface area contributed by atoms with Gasteiger partial charge < -0.3 is 8.83 Å². The Hall–Kier alpha value is -7.63. The number of rotatable bonds is 5. The zero-order valence-electron chi connectivity index (χ0n) is 31.3. The standard InChI is InChI=1S/C53H33N3O2/c1-2-12-32(13-3-1)34-22-25-35(26-23-34)51-54-52(38-27-24-33-14-4-5-15-36(33)28-38)56-53(55-51)44-30-39(31-47-48(44)41-18-8-10-20-45(41)57-47)43-29-37-16-6-7-17-40(37)49-42-19-9-11-21-46(42)58-50(43)49/h1-28,30-31,43H,29H2. The summed E-state index contributed by atoms with van der Waals surface area (Å²) in [6, 6.07) is 63.4. The number of hydrogen-bond donors (Lipinski definition) is 0. The first-order valence-electron chi connectivity index (χ1n) is 19.7. The van der Waals surface area contributed by atoms with Gasteiger partial charge in [0.1, 0.15) is 22.5 Å². The number of nitrogens with zero attached hydrogens (tertiary/aromatic N) is 3. The van der Waals surface area contributed by atoms with Crippen molar-refractivity contribution in [2.75, 3.05) is 0 Å². The summed E-state index contributed by atoms with van der Waals surface area (Å²) in [6.45, 7) is 0. The Labute approximate surface area is 333 Å². The van der Waals surface area contributed by atoms with E-state index in [4.69, 9.17) is 23.8 Å². The summed E-state index contributed by atoms with van der Waals surface area (Å²) in [6.07, 6.45) is 0.784.